The topological polar surface area (TPSA) is 20.2 Å². The molecule has 28 heavy (non-hydrogen) atoms. The first-order valence-electron chi connectivity index (χ1n) is 10.0. The molecule has 3 aromatic rings. The molecular weight excluding hydrogens is 474 g/mol. The van der Waals surface area contributed by atoms with Gasteiger partial charge in [0.1, 0.15) is 23.2 Å². The van der Waals surface area contributed by atoms with Crippen LogP contribution < -0.4 is 39.9 Å². The number of hydrogen-bond acceptors (Lipinski definition) is 1. The van der Waals surface area contributed by atoms with Crippen LogP contribution in [0.25, 0.3) is 0 Å². The average molecular weight is 504 g/mol. The van der Waals surface area contributed by atoms with Crippen molar-refractivity contribution in [3.05, 3.63) is 91.0 Å². The van der Waals surface area contributed by atoms with Gasteiger partial charge in [0.05, 0.1) is 12.3 Å². The Morgan fingerprint density at radius 1 is 0.679 bits per heavy atom. The second-order valence-corrected chi connectivity index (χ2v) is 10.7. The first kappa shape index (κ1) is 23.1. The summed E-state index contributed by atoms with van der Waals surface area (Å²) in [7, 11) is -1.91. The molecular formula is C25H30IOP. The highest BCUT2D eigenvalue weighted by molar-refractivity contribution is 7.95. The third-order valence-corrected chi connectivity index (χ3v) is 9.72. The van der Waals surface area contributed by atoms with Crippen molar-refractivity contribution < 1.29 is 29.1 Å². The molecule has 0 amide bonds. The molecule has 0 aliphatic rings. The summed E-state index contributed by atoms with van der Waals surface area (Å²) in [6.07, 6.45) is 4.85. The van der Waals surface area contributed by atoms with Gasteiger partial charge in [-0.1, -0.05) is 80.8 Å². The van der Waals surface area contributed by atoms with Crippen LogP contribution in [0.2, 0.25) is 0 Å². The summed E-state index contributed by atoms with van der Waals surface area (Å²) in [5.41, 5.74) is 0. The smallest absolute Gasteiger partial charge is 0.114 e. The SMILES string of the molecule is CCCCC[C@H](O)C[P+](c1ccccc1)(c1ccccc1)c1ccccc1.[I-]. The van der Waals surface area contributed by atoms with Crippen molar-refractivity contribution in [1.29, 1.82) is 0 Å². The molecule has 0 saturated carbocycles. The van der Waals surface area contributed by atoms with Crippen LogP contribution in [-0.2, 0) is 0 Å². The predicted octanol–water partition coefficient (Wildman–Crippen LogP) is 1.93. The van der Waals surface area contributed by atoms with Gasteiger partial charge >= 0.3 is 0 Å². The summed E-state index contributed by atoms with van der Waals surface area (Å²) >= 11 is 0. The van der Waals surface area contributed by atoms with Crippen LogP contribution in [0.3, 0.4) is 0 Å². The zero-order valence-corrected chi connectivity index (χ0v) is 19.6. The number of aliphatic hydroxyl groups is 1. The van der Waals surface area contributed by atoms with Gasteiger partial charge in [-0.2, -0.15) is 0 Å². The molecule has 0 unspecified atom stereocenters. The number of halogens is 1. The van der Waals surface area contributed by atoms with Gasteiger partial charge in [-0.15, -0.1) is 0 Å². The zero-order chi connectivity index (χ0) is 19.0. The van der Waals surface area contributed by atoms with Crippen LogP contribution >= 0.6 is 7.26 Å². The van der Waals surface area contributed by atoms with Crippen LogP contribution in [0.1, 0.15) is 32.6 Å². The third-order valence-electron chi connectivity index (χ3n) is 5.22. The van der Waals surface area contributed by atoms with E-state index in [0.29, 0.717) is 0 Å². The maximum atomic E-state index is 11.0. The fourth-order valence-electron chi connectivity index (χ4n) is 3.85. The summed E-state index contributed by atoms with van der Waals surface area (Å²) in [6, 6.07) is 32.4. The lowest BCUT2D eigenvalue weighted by molar-refractivity contribution is -0.00000763. The van der Waals surface area contributed by atoms with Gasteiger partial charge < -0.3 is 29.1 Å². The minimum Gasteiger partial charge on any atom is -1.00 e. The lowest BCUT2D eigenvalue weighted by atomic mass is 10.1. The molecule has 0 aromatic heterocycles. The van der Waals surface area contributed by atoms with Crippen molar-refractivity contribution in [3.8, 4) is 0 Å². The molecule has 3 rings (SSSR count). The van der Waals surface area contributed by atoms with E-state index in [0.717, 1.165) is 19.0 Å². The molecule has 0 spiro atoms. The first-order chi connectivity index (χ1) is 13.3. The van der Waals surface area contributed by atoms with Crippen molar-refractivity contribution in [1.82, 2.24) is 0 Å². The van der Waals surface area contributed by atoms with Gasteiger partial charge in [-0.05, 0) is 42.8 Å². The second-order valence-electron chi connectivity index (χ2n) is 7.15. The lowest BCUT2D eigenvalue weighted by Crippen LogP contribution is -3.00. The summed E-state index contributed by atoms with van der Waals surface area (Å²) in [6.45, 7) is 2.21. The van der Waals surface area contributed by atoms with Crippen molar-refractivity contribution in [2.75, 3.05) is 6.16 Å². The van der Waals surface area contributed by atoms with E-state index in [2.05, 4.69) is 97.9 Å². The van der Waals surface area contributed by atoms with E-state index in [1.807, 2.05) is 0 Å². The van der Waals surface area contributed by atoms with Crippen LogP contribution in [-0.4, -0.2) is 17.4 Å². The van der Waals surface area contributed by atoms with E-state index in [1.165, 1.54) is 28.8 Å². The number of hydrogen-bond donors (Lipinski definition) is 1. The molecule has 1 nitrogen and oxygen atoms in total. The number of unbranched alkanes of at least 4 members (excludes halogenated alkanes) is 2. The number of benzene rings is 3. The van der Waals surface area contributed by atoms with Gasteiger partial charge in [0, 0.05) is 0 Å². The first-order valence-corrected chi connectivity index (χ1v) is 12.0. The van der Waals surface area contributed by atoms with E-state index in [-0.39, 0.29) is 30.1 Å². The third kappa shape index (κ3) is 5.43. The molecule has 1 atom stereocenters. The Hall–Kier alpha value is -1.22. The average Bonchev–Trinajstić information content (AvgIpc) is 2.74. The van der Waals surface area contributed by atoms with Gasteiger partial charge in [0.15, 0.2) is 0 Å². The molecule has 0 fully saturated rings. The van der Waals surface area contributed by atoms with Crippen molar-refractivity contribution in [2.24, 2.45) is 0 Å². The molecule has 0 aliphatic heterocycles. The summed E-state index contributed by atoms with van der Waals surface area (Å²) in [5.74, 6) is 0. The Balaban J connectivity index is 0.00000280. The Kier molecular flexibility index (Phi) is 9.64. The molecule has 3 heteroatoms. The van der Waals surface area contributed by atoms with Crippen molar-refractivity contribution in [3.63, 3.8) is 0 Å². The quantitative estimate of drug-likeness (QED) is 0.269. The highest BCUT2D eigenvalue weighted by Gasteiger charge is 2.46. The Morgan fingerprint density at radius 3 is 1.43 bits per heavy atom. The Morgan fingerprint density at radius 2 is 1.07 bits per heavy atom. The van der Waals surface area contributed by atoms with Crippen LogP contribution in [0.15, 0.2) is 91.0 Å². The monoisotopic (exact) mass is 504 g/mol. The van der Waals surface area contributed by atoms with Crippen LogP contribution in [0.4, 0.5) is 0 Å². The highest BCUT2D eigenvalue weighted by Crippen LogP contribution is 2.56. The molecule has 0 bridgehead atoms. The normalized spacial score (nSPS) is 12.2. The van der Waals surface area contributed by atoms with Crippen molar-refractivity contribution in [2.45, 2.75) is 38.7 Å². The summed E-state index contributed by atoms with van der Waals surface area (Å²) in [4.78, 5) is 0. The Labute approximate surface area is 187 Å². The minimum absolute atomic E-state index is 0. The fraction of sp³-hybridized carbons (Fsp3) is 0.280. The molecule has 0 saturated heterocycles. The molecule has 148 valence electrons. The van der Waals surface area contributed by atoms with E-state index in [1.54, 1.807) is 0 Å². The van der Waals surface area contributed by atoms with Gasteiger partial charge in [0.2, 0.25) is 0 Å². The molecule has 0 aliphatic carbocycles. The van der Waals surface area contributed by atoms with Gasteiger partial charge in [-0.25, -0.2) is 0 Å². The van der Waals surface area contributed by atoms with E-state index >= 15 is 0 Å². The standard InChI is InChI=1S/C25H30OP.HI/c1-2-3-7-14-22(26)21-27(23-15-8-4-9-16-23,24-17-10-5-11-18-24)25-19-12-6-13-20-25;/h4-6,8-13,15-20,22,26H,2-3,7,14,21H2,1H3;1H/q+1;/p-1/t22-;/m0./s1. The predicted molar refractivity (Wildman–Crippen MR) is 120 cm³/mol. The Bertz CT molecular complexity index is 696. The lowest BCUT2D eigenvalue weighted by Gasteiger charge is -2.29. The summed E-state index contributed by atoms with van der Waals surface area (Å²) in [5, 5.41) is 15.1. The number of rotatable bonds is 9. The zero-order valence-electron chi connectivity index (χ0n) is 16.5. The molecule has 1 N–H and O–H groups in total. The maximum absolute atomic E-state index is 11.0. The fourth-order valence-corrected chi connectivity index (χ4v) is 8.23. The highest BCUT2D eigenvalue weighted by atomic mass is 127. The van der Waals surface area contributed by atoms with Gasteiger partial charge in [0.25, 0.3) is 0 Å². The summed E-state index contributed by atoms with van der Waals surface area (Å²) < 4.78 is 0. The van der Waals surface area contributed by atoms with E-state index in [4.69, 9.17) is 0 Å². The van der Waals surface area contributed by atoms with Gasteiger partial charge in [-0.3, -0.25) is 0 Å². The van der Waals surface area contributed by atoms with Crippen molar-refractivity contribution >= 4 is 23.2 Å². The van der Waals surface area contributed by atoms with E-state index < -0.39 is 7.26 Å². The molecule has 0 heterocycles. The maximum Gasteiger partial charge on any atom is 0.114 e. The van der Waals surface area contributed by atoms with Crippen LogP contribution in [0, 0.1) is 0 Å². The molecule has 0 radical (unpaired) electrons. The molecule has 3 aromatic carbocycles. The second kappa shape index (κ2) is 11.7. The largest absolute Gasteiger partial charge is 1.00 e. The van der Waals surface area contributed by atoms with Crippen LogP contribution in [0.5, 0.6) is 0 Å². The number of aliphatic hydroxyl groups excluding tert-OH is 1. The minimum atomic E-state index is -1.91. The van der Waals surface area contributed by atoms with E-state index in [9.17, 15) is 5.11 Å².